The third-order valence-electron chi connectivity index (χ3n) is 11.7. The summed E-state index contributed by atoms with van der Waals surface area (Å²) in [6.07, 6.45) is 11.6. The lowest BCUT2D eigenvalue weighted by Gasteiger charge is -2.57. The highest BCUT2D eigenvalue weighted by molar-refractivity contribution is 5.93. The van der Waals surface area contributed by atoms with Gasteiger partial charge in [0, 0.05) is 23.7 Å². The molecular formula is C35H42O3. The number of allylic oxidation sites excluding steroid dienone is 1. The van der Waals surface area contributed by atoms with Gasteiger partial charge in [-0.2, -0.15) is 0 Å². The highest BCUT2D eigenvalue weighted by atomic mass is 16.7. The Morgan fingerprint density at radius 3 is 2.05 bits per heavy atom. The van der Waals surface area contributed by atoms with Gasteiger partial charge in [-0.05, 0) is 79.2 Å². The fourth-order valence-electron chi connectivity index (χ4n) is 9.79. The molecule has 2 aromatic rings. The minimum absolute atomic E-state index is 0.206. The summed E-state index contributed by atoms with van der Waals surface area (Å²) in [4.78, 5) is 14.8. The smallest absolute Gasteiger partial charge is 0.172 e. The number of carbonyl (C=O) groups excluding carboxylic acids is 1. The number of benzene rings is 2. The number of ketones is 1. The van der Waals surface area contributed by atoms with Crippen LogP contribution in [0.2, 0.25) is 0 Å². The SMILES string of the molecule is C[C@]12CCC3(CC1=CC[C@@H]1[C@@H]2CC[C@]2(C)C(=O)C(Cc4ccccc4)(Cc4ccccc4)C[C@@H]12)OCCO3. The Hall–Kier alpha value is -2.23. The zero-order valence-electron chi connectivity index (χ0n) is 23.1. The molecule has 38 heavy (non-hydrogen) atoms. The molecule has 1 heterocycles. The minimum Gasteiger partial charge on any atom is -0.347 e. The molecular weight excluding hydrogens is 468 g/mol. The summed E-state index contributed by atoms with van der Waals surface area (Å²) in [6.45, 7) is 6.32. The molecule has 0 unspecified atom stereocenters. The maximum atomic E-state index is 14.8. The molecule has 5 atom stereocenters. The van der Waals surface area contributed by atoms with Gasteiger partial charge in [-0.1, -0.05) is 86.2 Å². The fraction of sp³-hybridized carbons (Fsp3) is 0.571. The van der Waals surface area contributed by atoms with E-state index in [4.69, 9.17) is 9.47 Å². The van der Waals surface area contributed by atoms with Gasteiger partial charge in [0.15, 0.2) is 5.79 Å². The Bertz CT molecular complexity index is 1180. The predicted molar refractivity (Wildman–Crippen MR) is 149 cm³/mol. The number of hydrogen-bond acceptors (Lipinski definition) is 3. The highest BCUT2D eigenvalue weighted by Gasteiger charge is 2.65. The third-order valence-corrected chi connectivity index (χ3v) is 11.7. The second kappa shape index (κ2) is 8.89. The van der Waals surface area contributed by atoms with Crippen molar-refractivity contribution in [2.45, 2.75) is 77.4 Å². The van der Waals surface area contributed by atoms with E-state index in [0.29, 0.717) is 23.5 Å². The first kappa shape index (κ1) is 24.8. The van der Waals surface area contributed by atoms with E-state index in [-0.39, 0.29) is 22.0 Å². The lowest BCUT2D eigenvalue weighted by Crippen LogP contribution is -2.52. The summed E-state index contributed by atoms with van der Waals surface area (Å²) in [5, 5.41) is 0. The van der Waals surface area contributed by atoms with Crippen LogP contribution in [0, 0.1) is 34.0 Å². The summed E-state index contributed by atoms with van der Waals surface area (Å²) >= 11 is 0. The van der Waals surface area contributed by atoms with Crippen LogP contribution in [0.3, 0.4) is 0 Å². The molecule has 1 spiro atoms. The van der Waals surface area contributed by atoms with Gasteiger partial charge < -0.3 is 9.47 Å². The molecule has 0 bridgehead atoms. The average molecular weight is 511 g/mol. The molecule has 200 valence electrons. The molecule has 1 aliphatic heterocycles. The van der Waals surface area contributed by atoms with Crippen molar-refractivity contribution in [3.8, 4) is 0 Å². The van der Waals surface area contributed by atoms with Crippen LogP contribution >= 0.6 is 0 Å². The first-order valence-electron chi connectivity index (χ1n) is 15.0. The van der Waals surface area contributed by atoms with Gasteiger partial charge >= 0.3 is 0 Å². The van der Waals surface area contributed by atoms with Crippen LogP contribution in [-0.4, -0.2) is 24.8 Å². The first-order valence-corrected chi connectivity index (χ1v) is 15.0. The second-order valence-electron chi connectivity index (χ2n) is 13.6. The summed E-state index contributed by atoms with van der Waals surface area (Å²) < 4.78 is 12.3. The van der Waals surface area contributed by atoms with Crippen molar-refractivity contribution in [3.63, 3.8) is 0 Å². The van der Waals surface area contributed by atoms with Crippen molar-refractivity contribution >= 4 is 5.78 Å². The molecule has 0 radical (unpaired) electrons. The summed E-state index contributed by atoms with van der Waals surface area (Å²) in [7, 11) is 0. The highest BCUT2D eigenvalue weighted by Crippen LogP contribution is 2.68. The zero-order chi connectivity index (χ0) is 26.0. The summed E-state index contributed by atoms with van der Waals surface area (Å²) in [5.41, 5.74) is 3.81. The molecule has 3 nitrogen and oxygen atoms in total. The van der Waals surface area contributed by atoms with Gasteiger partial charge in [0.1, 0.15) is 5.78 Å². The van der Waals surface area contributed by atoms with Gasteiger partial charge in [0.2, 0.25) is 0 Å². The maximum absolute atomic E-state index is 14.8. The van der Waals surface area contributed by atoms with E-state index in [9.17, 15) is 4.79 Å². The van der Waals surface area contributed by atoms with Gasteiger partial charge in [0.05, 0.1) is 13.2 Å². The van der Waals surface area contributed by atoms with E-state index >= 15 is 0 Å². The standard InChI is InChI=1S/C35H42O3/c1-32-17-18-35(37-19-20-38-35)23-27(32)13-14-28-29(32)15-16-33(2)30(28)24-34(31(33)36,21-25-9-5-3-6-10-25)22-26-11-7-4-8-12-26/h3-13,28-30H,14-24H2,1-2H3/t28-,29+,30+,32+,33+/m1/s1. The van der Waals surface area contributed by atoms with Crippen LogP contribution in [-0.2, 0) is 27.1 Å². The van der Waals surface area contributed by atoms with Crippen molar-refractivity contribution in [2.24, 2.45) is 34.0 Å². The van der Waals surface area contributed by atoms with Crippen LogP contribution in [0.4, 0.5) is 0 Å². The number of carbonyl (C=O) groups is 1. The van der Waals surface area contributed by atoms with Gasteiger partial charge in [-0.3, -0.25) is 4.79 Å². The predicted octanol–water partition coefficient (Wildman–Crippen LogP) is 7.34. The lowest BCUT2D eigenvalue weighted by molar-refractivity contribution is -0.185. The van der Waals surface area contributed by atoms with Crippen LogP contribution in [0.5, 0.6) is 0 Å². The largest absolute Gasteiger partial charge is 0.347 e. The quantitative estimate of drug-likeness (QED) is 0.404. The van der Waals surface area contributed by atoms with Crippen LogP contribution < -0.4 is 0 Å². The number of rotatable bonds is 4. The molecule has 7 rings (SSSR count). The van der Waals surface area contributed by atoms with E-state index in [1.807, 2.05) is 0 Å². The van der Waals surface area contributed by atoms with E-state index in [1.54, 1.807) is 5.57 Å². The Morgan fingerprint density at radius 2 is 1.42 bits per heavy atom. The normalized spacial score (nSPS) is 36.8. The number of hydrogen-bond donors (Lipinski definition) is 0. The fourth-order valence-corrected chi connectivity index (χ4v) is 9.79. The molecule has 2 aromatic carbocycles. The number of ether oxygens (including phenoxy) is 2. The van der Waals surface area contributed by atoms with Crippen LogP contribution in [0.15, 0.2) is 72.3 Å². The lowest BCUT2D eigenvalue weighted by atomic mass is 9.48. The monoisotopic (exact) mass is 510 g/mol. The van der Waals surface area contributed by atoms with Crippen molar-refractivity contribution < 1.29 is 14.3 Å². The topological polar surface area (TPSA) is 35.5 Å². The molecule has 0 N–H and O–H groups in total. The van der Waals surface area contributed by atoms with Gasteiger partial charge in [-0.25, -0.2) is 0 Å². The number of fused-ring (bicyclic) bond motifs is 5. The summed E-state index contributed by atoms with van der Waals surface area (Å²) in [5.74, 6) is 1.85. The van der Waals surface area contributed by atoms with E-state index in [1.165, 1.54) is 17.5 Å². The molecule has 5 aliphatic rings. The van der Waals surface area contributed by atoms with E-state index in [0.717, 1.165) is 64.6 Å². The van der Waals surface area contributed by atoms with Crippen molar-refractivity contribution in [1.29, 1.82) is 0 Å². The zero-order valence-corrected chi connectivity index (χ0v) is 23.1. The van der Waals surface area contributed by atoms with Crippen molar-refractivity contribution in [2.75, 3.05) is 13.2 Å². The molecule has 4 fully saturated rings. The average Bonchev–Trinajstić information content (AvgIpc) is 3.47. The Balaban J connectivity index is 1.24. The maximum Gasteiger partial charge on any atom is 0.172 e. The van der Waals surface area contributed by atoms with Crippen molar-refractivity contribution in [1.82, 2.24) is 0 Å². The molecule has 4 aliphatic carbocycles. The third kappa shape index (κ3) is 3.72. The van der Waals surface area contributed by atoms with Crippen molar-refractivity contribution in [3.05, 3.63) is 83.4 Å². The van der Waals surface area contributed by atoms with E-state index in [2.05, 4.69) is 80.6 Å². The van der Waals surface area contributed by atoms with Gasteiger partial charge in [-0.15, -0.1) is 0 Å². The minimum atomic E-state index is -0.370. The Labute approximate surface area is 228 Å². The molecule has 3 heteroatoms. The Morgan fingerprint density at radius 1 is 0.789 bits per heavy atom. The molecule has 0 amide bonds. The van der Waals surface area contributed by atoms with Crippen LogP contribution in [0.1, 0.15) is 69.9 Å². The van der Waals surface area contributed by atoms with Gasteiger partial charge in [0.25, 0.3) is 0 Å². The first-order chi connectivity index (χ1) is 18.4. The molecule has 0 aromatic heterocycles. The number of Topliss-reactive ketones (excluding diaryl/α,β-unsaturated/α-hetero) is 1. The summed E-state index contributed by atoms with van der Waals surface area (Å²) in [6, 6.07) is 21.5. The second-order valence-corrected chi connectivity index (χ2v) is 13.6. The molecule has 1 saturated heterocycles. The van der Waals surface area contributed by atoms with Crippen LogP contribution in [0.25, 0.3) is 0 Å². The van der Waals surface area contributed by atoms with E-state index < -0.39 is 0 Å². The Kier molecular flexibility index (Phi) is 5.80. The molecule has 3 saturated carbocycles.